The van der Waals surface area contributed by atoms with E-state index in [1.165, 1.54) is 5.56 Å². The second-order valence-corrected chi connectivity index (χ2v) is 8.61. The average Bonchev–Trinajstić information content (AvgIpc) is 3.03. The Bertz CT molecular complexity index is 1100. The molecule has 0 saturated carbocycles. The molecule has 4 nitrogen and oxygen atoms in total. The maximum atomic E-state index is 13.8. The molecule has 0 aromatic heterocycles. The van der Waals surface area contributed by atoms with Gasteiger partial charge in [-0.25, -0.2) is 0 Å². The Morgan fingerprint density at radius 2 is 1.35 bits per heavy atom. The molecular weight excluding hydrogens is 408 g/mol. The van der Waals surface area contributed by atoms with Crippen molar-refractivity contribution in [1.82, 2.24) is 9.80 Å². The molecular formula is C26H23ClN2O2. The smallest absolute Gasteiger partial charge is 0.196 e. The molecule has 1 aliphatic heterocycles. The van der Waals surface area contributed by atoms with Crippen LogP contribution in [0.25, 0.3) is 0 Å². The number of rotatable bonds is 4. The van der Waals surface area contributed by atoms with E-state index in [0.717, 1.165) is 19.6 Å². The molecule has 156 valence electrons. The number of ketones is 2. The normalized spacial score (nSPS) is 18.9. The lowest BCUT2D eigenvalue weighted by molar-refractivity contribution is 0.0279. The Morgan fingerprint density at radius 1 is 0.742 bits per heavy atom. The third-order valence-corrected chi connectivity index (χ3v) is 6.65. The molecule has 0 N–H and O–H groups in total. The number of carbonyl (C=O) groups is 2. The number of piperazine rings is 1. The zero-order valence-corrected chi connectivity index (χ0v) is 17.9. The topological polar surface area (TPSA) is 40.6 Å². The number of halogens is 1. The largest absolute Gasteiger partial charge is 0.297 e. The first kappa shape index (κ1) is 20.1. The number of Topliss-reactive ketones (excluding diaryl/α,β-unsaturated/α-hetero) is 2. The Balaban J connectivity index is 1.49. The number of nitrogens with zero attached hydrogens (tertiary/aromatic N) is 2. The summed E-state index contributed by atoms with van der Waals surface area (Å²) < 4.78 is 0. The molecule has 3 aromatic rings. The minimum Gasteiger partial charge on any atom is -0.297 e. The molecule has 1 fully saturated rings. The number of carbonyl (C=O) groups excluding carboxylic acids is 2. The van der Waals surface area contributed by atoms with Gasteiger partial charge in [0.1, 0.15) is 0 Å². The molecule has 0 bridgehead atoms. The van der Waals surface area contributed by atoms with Gasteiger partial charge in [-0.3, -0.25) is 19.4 Å². The van der Waals surface area contributed by atoms with Crippen LogP contribution in [0.5, 0.6) is 0 Å². The Hall–Kier alpha value is -2.79. The minimum absolute atomic E-state index is 0.146. The van der Waals surface area contributed by atoms with Gasteiger partial charge in [0.2, 0.25) is 0 Å². The van der Waals surface area contributed by atoms with Crippen LogP contribution in [-0.4, -0.2) is 47.5 Å². The highest BCUT2D eigenvalue weighted by Crippen LogP contribution is 2.43. The van der Waals surface area contributed by atoms with E-state index in [0.29, 0.717) is 34.8 Å². The fourth-order valence-corrected chi connectivity index (χ4v) is 5.09. The van der Waals surface area contributed by atoms with E-state index in [4.69, 9.17) is 11.6 Å². The van der Waals surface area contributed by atoms with Gasteiger partial charge in [0.25, 0.3) is 0 Å². The molecule has 3 aromatic carbocycles. The first-order valence-corrected chi connectivity index (χ1v) is 10.9. The van der Waals surface area contributed by atoms with Crippen molar-refractivity contribution in [3.05, 3.63) is 106 Å². The van der Waals surface area contributed by atoms with Gasteiger partial charge in [-0.15, -0.1) is 0 Å². The highest BCUT2D eigenvalue weighted by molar-refractivity contribution is 6.34. The van der Waals surface area contributed by atoms with Crippen LogP contribution in [0.15, 0.2) is 78.9 Å². The molecule has 1 saturated heterocycles. The summed E-state index contributed by atoms with van der Waals surface area (Å²) in [5, 5.41) is 0.524. The molecule has 0 unspecified atom stereocenters. The molecule has 1 aliphatic carbocycles. The molecule has 0 atom stereocenters. The van der Waals surface area contributed by atoms with Crippen LogP contribution in [0.3, 0.4) is 0 Å². The summed E-state index contributed by atoms with van der Waals surface area (Å²) in [4.78, 5) is 32.0. The van der Waals surface area contributed by atoms with Crippen molar-refractivity contribution >= 4 is 23.2 Å². The van der Waals surface area contributed by atoms with E-state index in [1.54, 1.807) is 24.3 Å². The highest BCUT2D eigenvalue weighted by Gasteiger charge is 2.58. The van der Waals surface area contributed by atoms with Crippen LogP contribution in [0.1, 0.15) is 31.8 Å². The number of hydrogen-bond acceptors (Lipinski definition) is 4. The van der Waals surface area contributed by atoms with Crippen molar-refractivity contribution < 1.29 is 9.59 Å². The van der Waals surface area contributed by atoms with Gasteiger partial charge in [-0.05, 0) is 23.3 Å². The summed E-state index contributed by atoms with van der Waals surface area (Å²) in [6, 6.07) is 24.7. The van der Waals surface area contributed by atoms with E-state index < -0.39 is 5.54 Å². The van der Waals surface area contributed by atoms with Gasteiger partial charge >= 0.3 is 0 Å². The Morgan fingerprint density at radius 3 is 1.97 bits per heavy atom. The third kappa shape index (κ3) is 3.32. The van der Waals surface area contributed by atoms with E-state index in [-0.39, 0.29) is 11.6 Å². The summed E-state index contributed by atoms with van der Waals surface area (Å²) in [6.45, 7) is 3.69. The standard InChI is InChI=1S/C26H23ClN2O2/c27-21-10-6-9-20(17-21)26(24(30)22-11-4-5-12-23(22)25(26)31)29-15-13-28(14-16-29)18-19-7-2-1-3-8-19/h1-12,17H,13-16,18H2. The SMILES string of the molecule is O=C1c2ccccc2C(=O)C1(c1cccc(Cl)c1)N1CCN(Cc2ccccc2)CC1. The lowest BCUT2D eigenvalue weighted by Crippen LogP contribution is -2.60. The van der Waals surface area contributed by atoms with Gasteiger partial charge in [0.05, 0.1) is 0 Å². The molecule has 0 amide bonds. The maximum absolute atomic E-state index is 13.8. The van der Waals surface area contributed by atoms with E-state index in [1.807, 2.05) is 42.5 Å². The molecule has 31 heavy (non-hydrogen) atoms. The van der Waals surface area contributed by atoms with Crippen LogP contribution < -0.4 is 0 Å². The van der Waals surface area contributed by atoms with Crippen LogP contribution >= 0.6 is 11.6 Å². The average molecular weight is 431 g/mol. The van der Waals surface area contributed by atoms with E-state index in [2.05, 4.69) is 21.9 Å². The van der Waals surface area contributed by atoms with Crippen molar-refractivity contribution in [2.45, 2.75) is 12.1 Å². The summed E-state index contributed by atoms with van der Waals surface area (Å²) in [5.41, 5.74) is 1.58. The van der Waals surface area contributed by atoms with Gasteiger partial charge in [-0.1, -0.05) is 78.3 Å². The Labute approximate surface area is 187 Å². The number of benzene rings is 3. The molecule has 2 aliphatic rings. The first-order valence-electron chi connectivity index (χ1n) is 10.6. The molecule has 5 heteroatoms. The van der Waals surface area contributed by atoms with Gasteiger partial charge in [0, 0.05) is 48.9 Å². The molecule has 1 heterocycles. The second-order valence-electron chi connectivity index (χ2n) is 8.17. The van der Waals surface area contributed by atoms with Crippen molar-refractivity contribution in [1.29, 1.82) is 0 Å². The molecule has 0 radical (unpaired) electrons. The van der Waals surface area contributed by atoms with Crippen LogP contribution in [0.2, 0.25) is 5.02 Å². The minimum atomic E-state index is -1.34. The van der Waals surface area contributed by atoms with E-state index >= 15 is 0 Å². The lowest BCUT2D eigenvalue weighted by atomic mass is 9.82. The predicted octanol–water partition coefficient (Wildman–Crippen LogP) is 4.43. The van der Waals surface area contributed by atoms with Gasteiger partial charge in [-0.2, -0.15) is 0 Å². The third-order valence-electron chi connectivity index (χ3n) is 6.41. The summed E-state index contributed by atoms with van der Waals surface area (Å²) in [5.74, 6) is -0.293. The maximum Gasteiger partial charge on any atom is 0.196 e. The number of fused-ring (bicyclic) bond motifs is 1. The van der Waals surface area contributed by atoms with Crippen molar-refractivity contribution in [2.75, 3.05) is 26.2 Å². The predicted molar refractivity (Wildman–Crippen MR) is 122 cm³/mol. The fourth-order valence-electron chi connectivity index (χ4n) is 4.90. The van der Waals surface area contributed by atoms with Crippen molar-refractivity contribution in [2.24, 2.45) is 0 Å². The lowest BCUT2D eigenvalue weighted by Gasteiger charge is -2.44. The fraction of sp³-hybridized carbons (Fsp3) is 0.231. The quantitative estimate of drug-likeness (QED) is 0.574. The monoisotopic (exact) mass is 430 g/mol. The summed E-state index contributed by atoms with van der Waals surface area (Å²) in [6.07, 6.45) is 0. The van der Waals surface area contributed by atoms with Crippen LogP contribution in [-0.2, 0) is 12.1 Å². The first-order chi connectivity index (χ1) is 15.1. The zero-order chi connectivity index (χ0) is 21.4. The summed E-state index contributed by atoms with van der Waals surface area (Å²) in [7, 11) is 0. The number of hydrogen-bond donors (Lipinski definition) is 0. The van der Waals surface area contributed by atoms with Gasteiger partial charge < -0.3 is 0 Å². The van der Waals surface area contributed by atoms with Crippen LogP contribution in [0.4, 0.5) is 0 Å². The second kappa shape index (κ2) is 8.04. The molecule has 0 spiro atoms. The van der Waals surface area contributed by atoms with E-state index in [9.17, 15) is 9.59 Å². The van der Waals surface area contributed by atoms with Crippen LogP contribution in [0, 0.1) is 0 Å². The van der Waals surface area contributed by atoms with Crippen molar-refractivity contribution in [3.8, 4) is 0 Å². The highest BCUT2D eigenvalue weighted by atomic mass is 35.5. The van der Waals surface area contributed by atoms with Gasteiger partial charge in [0.15, 0.2) is 17.1 Å². The molecule has 5 rings (SSSR count). The van der Waals surface area contributed by atoms with Crippen molar-refractivity contribution in [3.63, 3.8) is 0 Å². The Kier molecular flexibility index (Phi) is 5.22. The zero-order valence-electron chi connectivity index (χ0n) is 17.1. The summed E-state index contributed by atoms with van der Waals surface area (Å²) >= 11 is 6.29.